The van der Waals surface area contributed by atoms with Crippen LogP contribution in [0.25, 0.3) is 0 Å². The Labute approximate surface area is 77.1 Å². The van der Waals surface area contributed by atoms with Gasteiger partial charge in [0.25, 0.3) is 0 Å². The van der Waals surface area contributed by atoms with Gasteiger partial charge in [-0.2, -0.15) is 0 Å². The second-order valence-corrected chi connectivity index (χ2v) is 0.527. The molecular weight excluding hydrogens is 114 g/mol. The van der Waals surface area contributed by atoms with Gasteiger partial charge in [-0.25, -0.2) is 9.18 Å². The minimum atomic E-state index is -1.41. The molecule has 0 aliphatic rings. The van der Waals surface area contributed by atoms with E-state index in [-0.39, 0.29) is 51.4 Å². The van der Waals surface area contributed by atoms with Gasteiger partial charge in [0.15, 0.2) is 6.67 Å². The maximum absolute atomic E-state index is 10.5. The summed E-state index contributed by atoms with van der Waals surface area (Å²) in [6.45, 7) is -1.28. The van der Waals surface area contributed by atoms with E-state index in [4.69, 9.17) is 9.90 Å². The van der Waals surface area contributed by atoms with E-state index in [1.165, 1.54) is 0 Å². The van der Waals surface area contributed by atoms with Crippen LogP contribution in [-0.4, -0.2) is 69.1 Å². The summed E-state index contributed by atoms with van der Waals surface area (Å²) < 4.78 is 10.5. The van der Waals surface area contributed by atoms with Gasteiger partial charge >= 0.3 is 57.4 Å². The Balaban J connectivity index is 0. The Hall–Kier alpha value is 1.04. The fourth-order valence-electron chi connectivity index (χ4n) is 0. The molecule has 0 fully saturated rings. The number of carbonyl (C=O) groups is 1. The Morgan fingerprint density at radius 3 is 2.00 bits per heavy atom. The van der Waals surface area contributed by atoms with Crippen LogP contribution in [0.4, 0.5) is 4.39 Å². The maximum atomic E-state index is 10.5. The molecule has 2 nitrogen and oxygen atoms in total. The summed E-state index contributed by atoms with van der Waals surface area (Å²) in [5.74, 6) is -1.41. The molecule has 4 heteroatoms. The molecule has 0 unspecified atom stereocenters. The van der Waals surface area contributed by atoms with Crippen LogP contribution in [-0.2, 0) is 4.79 Å². The first-order chi connectivity index (χ1) is 2.27. The monoisotopic (exact) mass is 118 g/mol. The average molecular weight is 118 g/mol. The predicted octanol–water partition coefficient (Wildman–Crippen LogP) is -0.608. The summed E-state index contributed by atoms with van der Waals surface area (Å²) in [4.78, 5) is 8.99. The molecule has 32 valence electrons. The zero-order valence-electron chi connectivity index (χ0n) is 2.44. The van der Waals surface area contributed by atoms with E-state index < -0.39 is 12.6 Å². The second-order valence-electron chi connectivity index (χ2n) is 0.527. The summed E-state index contributed by atoms with van der Waals surface area (Å²) in [7, 11) is 0. The quantitative estimate of drug-likeness (QED) is 0.466. The van der Waals surface area contributed by atoms with Gasteiger partial charge in [0.05, 0.1) is 0 Å². The van der Waals surface area contributed by atoms with Crippen LogP contribution >= 0.6 is 0 Å². The summed E-state index contributed by atoms with van der Waals surface area (Å²) >= 11 is 0. The van der Waals surface area contributed by atoms with Gasteiger partial charge in [-0.05, 0) is 0 Å². The van der Waals surface area contributed by atoms with Crippen LogP contribution in [0, 0.1) is 0 Å². The van der Waals surface area contributed by atoms with Crippen LogP contribution in [0.3, 0.4) is 0 Å². The van der Waals surface area contributed by atoms with Crippen LogP contribution in [0.15, 0.2) is 0 Å². The van der Waals surface area contributed by atoms with E-state index >= 15 is 0 Å². The van der Waals surface area contributed by atoms with Gasteiger partial charge in [-0.1, -0.05) is 0 Å². The van der Waals surface area contributed by atoms with Gasteiger partial charge in [0.2, 0.25) is 0 Å². The van der Waals surface area contributed by atoms with Crippen molar-refractivity contribution in [2.24, 2.45) is 0 Å². The van der Waals surface area contributed by atoms with Gasteiger partial charge in [0, 0.05) is 0 Å². The fraction of sp³-hybridized carbons (Fsp3) is 0.500. The number of halogens is 1. The third kappa shape index (κ3) is 8.90. The van der Waals surface area contributed by atoms with Crippen LogP contribution in [0.2, 0.25) is 0 Å². The number of rotatable bonds is 1. The van der Waals surface area contributed by atoms with Crippen molar-refractivity contribution in [2.75, 3.05) is 6.67 Å². The number of carboxylic acids is 1. The average Bonchev–Trinajstić information content (AvgIpc) is 1.38. The molecule has 6 heavy (non-hydrogen) atoms. The van der Waals surface area contributed by atoms with Crippen molar-refractivity contribution in [3.05, 3.63) is 0 Å². The summed E-state index contributed by atoms with van der Waals surface area (Å²) in [6.07, 6.45) is 0. The Kier molecular flexibility index (Phi) is 10.2. The van der Waals surface area contributed by atoms with Crippen molar-refractivity contribution in [1.29, 1.82) is 0 Å². The predicted molar refractivity (Wildman–Crippen MR) is 20.8 cm³/mol. The van der Waals surface area contributed by atoms with Crippen molar-refractivity contribution in [2.45, 2.75) is 0 Å². The van der Waals surface area contributed by atoms with Crippen molar-refractivity contribution in [3.63, 3.8) is 0 Å². The molecule has 0 aromatic carbocycles. The van der Waals surface area contributed by atoms with Crippen LogP contribution in [0.5, 0.6) is 0 Å². The summed E-state index contributed by atoms with van der Waals surface area (Å²) in [6, 6.07) is 0. The molecule has 0 atom stereocenters. The zero-order valence-corrected chi connectivity index (χ0v) is 2.44. The van der Waals surface area contributed by atoms with Crippen molar-refractivity contribution in [3.8, 4) is 0 Å². The zero-order chi connectivity index (χ0) is 4.28. The van der Waals surface area contributed by atoms with Crippen LogP contribution < -0.4 is 0 Å². The molecule has 0 aliphatic heterocycles. The molecule has 0 saturated heterocycles. The fourth-order valence-corrected chi connectivity index (χ4v) is 0. The van der Waals surface area contributed by atoms with Gasteiger partial charge in [-0.15, -0.1) is 0 Å². The molecular formula is C2H4FKO2. The van der Waals surface area contributed by atoms with Crippen molar-refractivity contribution < 1.29 is 14.3 Å². The normalized spacial score (nSPS) is 6.17. The van der Waals surface area contributed by atoms with Gasteiger partial charge in [0.1, 0.15) is 0 Å². The van der Waals surface area contributed by atoms with E-state index in [1.807, 2.05) is 0 Å². The Morgan fingerprint density at radius 1 is 1.83 bits per heavy atom. The first-order valence-electron chi connectivity index (χ1n) is 1.05. The summed E-state index contributed by atoms with van der Waals surface area (Å²) in [5.41, 5.74) is 0. The first-order valence-corrected chi connectivity index (χ1v) is 1.05. The molecule has 0 saturated carbocycles. The van der Waals surface area contributed by atoms with E-state index in [0.29, 0.717) is 0 Å². The third-order valence-corrected chi connectivity index (χ3v) is 0.114. The Morgan fingerprint density at radius 2 is 2.00 bits per heavy atom. The molecule has 0 aromatic heterocycles. The number of hydrogen-bond donors (Lipinski definition) is 1. The second kappa shape index (κ2) is 6.04. The standard InChI is InChI=1S/C2H3FO2.K.H/c3-1-2(4)5;;/h1H2,(H,4,5);;. The molecule has 0 rings (SSSR count). The van der Waals surface area contributed by atoms with Crippen molar-refractivity contribution >= 4 is 57.4 Å². The molecule has 0 aliphatic carbocycles. The van der Waals surface area contributed by atoms with E-state index in [2.05, 4.69) is 0 Å². The van der Waals surface area contributed by atoms with Gasteiger partial charge in [-0.3, -0.25) is 0 Å². The molecule has 0 heterocycles. The first kappa shape index (κ1) is 10.1. The number of alkyl halides is 1. The third-order valence-electron chi connectivity index (χ3n) is 0.114. The topological polar surface area (TPSA) is 37.3 Å². The molecule has 0 aromatic rings. The van der Waals surface area contributed by atoms with Crippen LogP contribution in [0.1, 0.15) is 0 Å². The van der Waals surface area contributed by atoms with E-state index in [1.54, 1.807) is 0 Å². The number of carboxylic acid groups (broad SMARTS) is 1. The molecule has 0 spiro atoms. The number of aliphatic carboxylic acids is 1. The van der Waals surface area contributed by atoms with Gasteiger partial charge < -0.3 is 5.11 Å². The minimum absolute atomic E-state index is 0. The molecule has 0 amide bonds. The molecule has 0 bridgehead atoms. The Bertz CT molecular complexity index is 46.8. The number of hydrogen-bond acceptors (Lipinski definition) is 1. The van der Waals surface area contributed by atoms with E-state index in [9.17, 15) is 4.39 Å². The van der Waals surface area contributed by atoms with Crippen molar-refractivity contribution in [1.82, 2.24) is 0 Å². The van der Waals surface area contributed by atoms with E-state index in [0.717, 1.165) is 0 Å². The SMILES string of the molecule is O=C(O)CF.[KH]. The summed E-state index contributed by atoms with van der Waals surface area (Å²) in [5, 5.41) is 7.35. The molecule has 1 N–H and O–H groups in total. The molecule has 0 radical (unpaired) electrons.